The van der Waals surface area contributed by atoms with Crippen molar-refractivity contribution in [2.24, 2.45) is 0 Å². The molecule has 28 heavy (non-hydrogen) atoms. The van der Waals surface area contributed by atoms with Crippen LogP contribution in [0.2, 0.25) is 0 Å². The molecule has 0 saturated carbocycles. The monoisotopic (exact) mass is 404 g/mol. The second kappa shape index (κ2) is 8.43. The summed E-state index contributed by atoms with van der Waals surface area (Å²) >= 11 is 0. The fourth-order valence-electron chi connectivity index (χ4n) is 2.56. The molecule has 0 heterocycles. The molecule has 0 aromatic heterocycles. The maximum absolute atomic E-state index is 12.9. The summed E-state index contributed by atoms with van der Waals surface area (Å²) in [7, 11) is -1.16. The van der Waals surface area contributed by atoms with Gasteiger partial charge in [0.2, 0.25) is 0 Å². The molecule has 7 nitrogen and oxygen atoms in total. The van der Waals surface area contributed by atoms with Crippen LogP contribution in [-0.2, 0) is 19.6 Å². The molecule has 2 aromatic carbocycles. The van der Waals surface area contributed by atoms with Crippen LogP contribution in [0.3, 0.4) is 0 Å². The third-order valence-electron chi connectivity index (χ3n) is 4.61. The van der Waals surface area contributed by atoms with E-state index < -0.39 is 27.4 Å². The van der Waals surface area contributed by atoms with E-state index in [2.05, 4.69) is 5.32 Å². The van der Waals surface area contributed by atoms with Crippen molar-refractivity contribution in [2.45, 2.75) is 30.7 Å². The van der Waals surface area contributed by atoms with Gasteiger partial charge in [0.15, 0.2) is 0 Å². The molecule has 0 aliphatic rings. The summed E-state index contributed by atoms with van der Waals surface area (Å²) in [5.41, 5.74) is -0.575. The van der Waals surface area contributed by atoms with Gasteiger partial charge in [-0.3, -0.25) is 9.10 Å². The molecule has 0 radical (unpaired) electrons. The van der Waals surface area contributed by atoms with Gasteiger partial charge >= 0.3 is 5.97 Å². The Hall–Kier alpha value is -2.87. The average molecular weight is 404 g/mol. The molecule has 0 aliphatic carbocycles. The van der Waals surface area contributed by atoms with Crippen LogP contribution in [0, 0.1) is 0 Å². The van der Waals surface area contributed by atoms with Gasteiger partial charge in [0.25, 0.3) is 15.9 Å². The van der Waals surface area contributed by atoms with E-state index in [1.165, 1.54) is 38.4 Å². The number of nitrogens with zero attached hydrogens (tertiary/aromatic N) is 1. The maximum Gasteiger partial charge on any atom is 0.331 e. The third kappa shape index (κ3) is 4.33. The summed E-state index contributed by atoms with van der Waals surface area (Å²) in [5.74, 6) is -1.13. The summed E-state index contributed by atoms with van der Waals surface area (Å²) in [5, 5.41) is 2.63. The minimum Gasteiger partial charge on any atom is -0.467 e. The Balaban J connectivity index is 2.33. The lowest BCUT2D eigenvalue weighted by molar-refractivity contribution is -0.147. The van der Waals surface area contributed by atoms with E-state index >= 15 is 0 Å². The van der Waals surface area contributed by atoms with E-state index in [1.54, 1.807) is 44.2 Å². The van der Waals surface area contributed by atoms with Gasteiger partial charge in [-0.25, -0.2) is 13.2 Å². The predicted molar refractivity (Wildman–Crippen MR) is 107 cm³/mol. The van der Waals surface area contributed by atoms with Crippen LogP contribution in [-0.4, -0.2) is 40.0 Å². The number of nitrogens with one attached hydrogen (secondary N) is 1. The summed E-state index contributed by atoms with van der Waals surface area (Å²) in [4.78, 5) is 24.6. The first-order chi connectivity index (χ1) is 13.2. The zero-order valence-corrected chi connectivity index (χ0v) is 17.1. The molecular weight excluding hydrogens is 380 g/mol. The molecule has 150 valence electrons. The lowest BCUT2D eigenvalue weighted by Crippen LogP contribution is -2.52. The number of para-hydroxylation sites is 1. The first-order valence-electron chi connectivity index (χ1n) is 8.70. The lowest BCUT2D eigenvalue weighted by atomic mass is 9.98. The van der Waals surface area contributed by atoms with E-state index in [1.807, 2.05) is 0 Å². The van der Waals surface area contributed by atoms with Gasteiger partial charge in [-0.05, 0) is 43.7 Å². The Kier molecular flexibility index (Phi) is 6.45. The van der Waals surface area contributed by atoms with Crippen molar-refractivity contribution in [1.29, 1.82) is 0 Å². The van der Waals surface area contributed by atoms with Gasteiger partial charge < -0.3 is 10.1 Å². The van der Waals surface area contributed by atoms with Crippen molar-refractivity contribution >= 4 is 27.6 Å². The lowest BCUT2D eigenvalue weighted by Gasteiger charge is -2.26. The van der Waals surface area contributed by atoms with Crippen LogP contribution in [0.1, 0.15) is 30.6 Å². The summed E-state index contributed by atoms with van der Waals surface area (Å²) in [6.07, 6.45) is 0.320. The fourth-order valence-corrected chi connectivity index (χ4v) is 3.81. The van der Waals surface area contributed by atoms with E-state index in [9.17, 15) is 18.0 Å². The number of methoxy groups -OCH3 is 1. The molecule has 2 aromatic rings. The van der Waals surface area contributed by atoms with Gasteiger partial charge in [0, 0.05) is 12.6 Å². The number of rotatable bonds is 7. The smallest absolute Gasteiger partial charge is 0.331 e. The zero-order chi connectivity index (χ0) is 20.9. The number of esters is 1. The number of hydrogen-bond donors (Lipinski definition) is 1. The van der Waals surface area contributed by atoms with Crippen molar-refractivity contribution in [3.05, 3.63) is 60.2 Å². The highest BCUT2D eigenvalue weighted by Gasteiger charge is 2.34. The molecule has 1 amide bonds. The largest absolute Gasteiger partial charge is 0.467 e. The highest BCUT2D eigenvalue weighted by molar-refractivity contribution is 7.92. The van der Waals surface area contributed by atoms with Crippen LogP contribution < -0.4 is 9.62 Å². The third-order valence-corrected chi connectivity index (χ3v) is 6.39. The molecule has 0 aliphatic heterocycles. The molecular formula is C20H24N2O5S. The minimum absolute atomic E-state index is 0.0252. The highest BCUT2D eigenvalue weighted by atomic mass is 32.2. The number of hydrogen-bond acceptors (Lipinski definition) is 5. The molecule has 1 unspecified atom stereocenters. The molecule has 0 saturated heterocycles. The molecule has 0 fully saturated rings. The topological polar surface area (TPSA) is 92.8 Å². The fraction of sp³-hybridized carbons (Fsp3) is 0.300. The number of carbonyl (C=O) groups is 2. The standard InChI is InChI=1S/C20H24N2O5S/c1-5-20(2,19(24)27-4)21-18(23)15-10-9-13-17(14-15)28(25,26)22(3)16-11-7-6-8-12-16/h6-14H,5H2,1-4H3,(H,21,23). The quantitative estimate of drug-likeness (QED) is 0.716. The molecule has 0 spiro atoms. The molecule has 0 bridgehead atoms. The van der Waals surface area contributed by atoms with Crippen LogP contribution in [0.25, 0.3) is 0 Å². The van der Waals surface area contributed by atoms with E-state index in [0.717, 1.165) is 4.31 Å². The van der Waals surface area contributed by atoms with Gasteiger partial charge in [-0.15, -0.1) is 0 Å². The SMILES string of the molecule is CCC(C)(NC(=O)c1cccc(S(=O)(=O)N(C)c2ccccc2)c1)C(=O)OC. The Morgan fingerprint density at radius 3 is 2.32 bits per heavy atom. The Labute approximate surface area is 165 Å². The normalized spacial score (nSPS) is 13.3. The van der Waals surface area contributed by atoms with Crippen molar-refractivity contribution in [1.82, 2.24) is 5.32 Å². The first kappa shape index (κ1) is 21.4. The Morgan fingerprint density at radius 2 is 1.75 bits per heavy atom. The number of ether oxygens (including phenoxy) is 1. The van der Waals surface area contributed by atoms with Gasteiger partial charge in [0.05, 0.1) is 17.7 Å². The number of benzene rings is 2. The Bertz CT molecular complexity index is 960. The predicted octanol–water partition coefficient (Wildman–Crippen LogP) is 2.58. The maximum atomic E-state index is 12.9. The van der Waals surface area contributed by atoms with Gasteiger partial charge in [0.1, 0.15) is 5.54 Å². The Morgan fingerprint density at radius 1 is 1.11 bits per heavy atom. The number of anilines is 1. The van der Waals surface area contributed by atoms with Crippen LogP contribution in [0.4, 0.5) is 5.69 Å². The van der Waals surface area contributed by atoms with E-state index in [0.29, 0.717) is 12.1 Å². The summed E-state index contributed by atoms with van der Waals surface area (Å²) in [6, 6.07) is 14.3. The summed E-state index contributed by atoms with van der Waals surface area (Å²) < 4.78 is 31.7. The second-order valence-electron chi connectivity index (χ2n) is 6.47. The minimum atomic E-state index is -3.86. The van der Waals surface area contributed by atoms with Crippen LogP contribution >= 0.6 is 0 Å². The molecule has 2 rings (SSSR count). The van der Waals surface area contributed by atoms with E-state index in [-0.39, 0.29) is 10.5 Å². The van der Waals surface area contributed by atoms with Crippen LogP contribution in [0.5, 0.6) is 0 Å². The molecule has 8 heteroatoms. The van der Waals surface area contributed by atoms with E-state index in [4.69, 9.17) is 4.74 Å². The number of sulfonamides is 1. The van der Waals surface area contributed by atoms with Crippen LogP contribution in [0.15, 0.2) is 59.5 Å². The van der Waals surface area contributed by atoms with Crippen molar-refractivity contribution in [2.75, 3.05) is 18.5 Å². The number of carbonyl (C=O) groups excluding carboxylic acids is 2. The average Bonchev–Trinajstić information content (AvgIpc) is 2.72. The van der Waals surface area contributed by atoms with Gasteiger partial charge in [-0.1, -0.05) is 31.2 Å². The first-order valence-corrected chi connectivity index (χ1v) is 10.1. The molecule has 1 N–H and O–H groups in total. The summed E-state index contributed by atoms with van der Waals surface area (Å²) in [6.45, 7) is 3.30. The molecule has 1 atom stereocenters. The number of amides is 1. The zero-order valence-electron chi connectivity index (χ0n) is 16.3. The van der Waals surface area contributed by atoms with Crippen molar-refractivity contribution in [3.63, 3.8) is 0 Å². The second-order valence-corrected chi connectivity index (χ2v) is 8.44. The highest BCUT2D eigenvalue weighted by Crippen LogP contribution is 2.22. The van der Waals surface area contributed by atoms with Gasteiger partial charge in [-0.2, -0.15) is 0 Å². The van der Waals surface area contributed by atoms with Crippen molar-refractivity contribution < 1.29 is 22.7 Å². The van der Waals surface area contributed by atoms with Crippen molar-refractivity contribution in [3.8, 4) is 0 Å².